The largest absolute Gasteiger partial charge is 0.495 e. The molecule has 0 amide bonds. The molecular weight excluding hydrogens is 238 g/mol. The summed E-state index contributed by atoms with van der Waals surface area (Å²) in [4.78, 5) is 12.3. The maximum atomic E-state index is 5.17. The number of aryl methyl sites for hydroxylation is 2. The Morgan fingerprint density at radius 2 is 2.00 bits per heavy atom. The van der Waals surface area contributed by atoms with Gasteiger partial charge < -0.3 is 9.72 Å². The smallest absolute Gasteiger partial charge is 0.157 e. The number of ether oxygens (including phenoxy) is 1. The van der Waals surface area contributed by atoms with Crippen molar-refractivity contribution in [3.05, 3.63) is 41.6 Å². The number of hydrogen-bond acceptors (Lipinski definition) is 3. The quantitative estimate of drug-likeness (QED) is 0.762. The van der Waals surface area contributed by atoms with E-state index in [-0.39, 0.29) is 0 Å². The van der Waals surface area contributed by atoms with Gasteiger partial charge in [0.1, 0.15) is 11.4 Å². The van der Waals surface area contributed by atoms with Crippen LogP contribution in [0.25, 0.3) is 22.6 Å². The lowest BCUT2D eigenvalue weighted by Gasteiger charge is -2.04. The second-order valence-corrected chi connectivity index (χ2v) is 4.65. The zero-order valence-electron chi connectivity index (χ0n) is 11.2. The number of rotatable bonds is 2. The topological polar surface area (TPSA) is 50.8 Å². The van der Waals surface area contributed by atoms with E-state index < -0.39 is 0 Å². The minimum Gasteiger partial charge on any atom is -0.495 e. The van der Waals surface area contributed by atoms with Crippen LogP contribution in [0.2, 0.25) is 0 Å². The summed E-state index contributed by atoms with van der Waals surface area (Å²) >= 11 is 0. The number of nitrogens with one attached hydrogen (secondary N) is 1. The second kappa shape index (κ2) is 4.39. The lowest BCUT2D eigenvalue weighted by Crippen LogP contribution is -1.92. The van der Waals surface area contributed by atoms with Crippen molar-refractivity contribution < 1.29 is 4.74 Å². The fraction of sp³-hybridized carbons (Fsp3) is 0.200. The number of methoxy groups -OCH3 is 1. The van der Waals surface area contributed by atoms with Crippen LogP contribution < -0.4 is 4.74 Å². The lowest BCUT2D eigenvalue weighted by atomic mass is 10.2. The van der Waals surface area contributed by atoms with Crippen molar-refractivity contribution in [2.24, 2.45) is 0 Å². The van der Waals surface area contributed by atoms with Gasteiger partial charge in [0.2, 0.25) is 0 Å². The number of benzene rings is 1. The van der Waals surface area contributed by atoms with Crippen LogP contribution in [0.1, 0.15) is 11.1 Å². The van der Waals surface area contributed by atoms with Gasteiger partial charge in [-0.15, -0.1) is 0 Å². The molecule has 0 unspecified atom stereocenters. The Morgan fingerprint density at radius 3 is 2.74 bits per heavy atom. The van der Waals surface area contributed by atoms with Crippen molar-refractivity contribution in [2.75, 3.05) is 7.11 Å². The zero-order valence-corrected chi connectivity index (χ0v) is 11.2. The van der Waals surface area contributed by atoms with E-state index in [0.29, 0.717) is 0 Å². The van der Waals surface area contributed by atoms with Crippen LogP contribution in [0.5, 0.6) is 5.75 Å². The standard InChI is InChI=1S/C15H15N3O/c1-9-4-5-12-13(6-9)18-15(17-12)14-10(2)7-11(19-3)8-16-14/h4-8H,1-3H3,(H,17,18). The second-order valence-electron chi connectivity index (χ2n) is 4.65. The summed E-state index contributed by atoms with van der Waals surface area (Å²) in [6.07, 6.45) is 1.71. The highest BCUT2D eigenvalue weighted by atomic mass is 16.5. The molecule has 1 aromatic carbocycles. The molecule has 3 rings (SSSR count). The Bertz CT molecular complexity index is 746. The number of H-pyrrole nitrogens is 1. The Labute approximate surface area is 111 Å². The molecular formula is C15H15N3O. The number of hydrogen-bond donors (Lipinski definition) is 1. The molecule has 0 atom stereocenters. The summed E-state index contributed by atoms with van der Waals surface area (Å²) in [6.45, 7) is 4.06. The minimum absolute atomic E-state index is 0.758. The van der Waals surface area contributed by atoms with Gasteiger partial charge in [-0.1, -0.05) is 6.07 Å². The molecule has 0 aliphatic heterocycles. The molecule has 0 fully saturated rings. The Hall–Kier alpha value is -2.36. The molecule has 4 heteroatoms. The summed E-state index contributed by atoms with van der Waals surface area (Å²) in [5.41, 5.74) is 5.08. The van der Waals surface area contributed by atoms with Crippen molar-refractivity contribution in [2.45, 2.75) is 13.8 Å². The molecule has 0 bridgehead atoms. The number of nitrogens with zero attached hydrogens (tertiary/aromatic N) is 2. The van der Waals surface area contributed by atoms with Crippen molar-refractivity contribution in [1.29, 1.82) is 0 Å². The van der Waals surface area contributed by atoms with Crippen LogP contribution in [-0.4, -0.2) is 22.1 Å². The molecule has 0 spiro atoms. The molecule has 0 radical (unpaired) electrons. The third kappa shape index (κ3) is 2.05. The number of pyridine rings is 1. The summed E-state index contributed by atoms with van der Waals surface area (Å²) in [6, 6.07) is 8.13. The van der Waals surface area contributed by atoms with E-state index in [1.807, 2.05) is 19.1 Å². The van der Waals surface area contributed by atoms with Gasteiger partial charge in [0.05, 0.1) is 24.3 Å². The lowest BCUT2D eigenvalue weighted by molar-refractivity contribution is 0.412. The van der Waals surface area contributed by atoms with Crippen LogP contribution in [-0.2, 0) is 0 Å². The van der Waals surface area contributed by atoms with E-state index in [2.05, 4.69) is 34.0 Å². The van der Waals surface area contributed by atoms with Crippen molar-refractivity contribution >= 4 is 11.0 Å². The maximum Gasteiger partial charge on any atom is 0.157 e. The van der Waals surface area contributed by atoms with Gasteiger partial charge in [-0.05, 0) is 43.2 Å². The SMILES string of the molecule is COc1cnc(-c2nc3cc(C)ccc3[nH]2)c(C)c1. The van der Waals surface area contributed by atoms with Gasteiger partial charge in [-0.3, -0.25) is 0 Å². The molecule has 96 valence electrons. The Morgan fingerprint density at radius 1 is 1.16 bits per heavy atom. The molecule has 3 aromatic rings. The van der Waals surface area contributed by atoms with Crippen LogP contribution in [0.15, 0.2) is 30.5 Å². The highest BCUT2D eigenvalue weighted by molar-refractivity contribution is 5.79. The van der Waals surface area contributed by atoms with Gasteiger partial charge in [0, 0.05) is 0 Å². The first-order valence-electron chi connectivity index (χ1n) is 6.15. The first-order valence-corrected chi connectivity index (χ1v) is 6.15. The number of aromatic nitrogens is 3. The average molecular weight is 253 g/mol. The van der Waals surface area contributed by atoms with Crippen molar-refractivity contribution in [1.82, 2.24) is 15.0 Å². The van der Waals surface area contributed by atoms with Gasteiger partial charge in [0.15, 0.2) is 5.82 Å². The van der Waals surface area contributed by atoms with E-state index in [1.54, 1.807) is 13.3 Å². The van der Waals surface area contributed by atoms with E-state index in [1.165, 1.54) is 5.56 Å². The van der Waals surface area contributed by atoms with Crippen LogP contribution in [0, 0.1) is 13.8 Å². The van der Waals surface area contributed by atoms with E-state index >= 15 is 0 Å². The van der Waals surface area contributed by atoms with Crippen molar-refractivity contribution in [3.63, 3.8) is 0 Å². The van der Waals surface area contributed by atoms with Gasteiger partial charge in [-0.2, -0.15) is 0 Å². The van der Waals surface area contributed by atoms with Crippen LogP contribution in [0.4, 0.5) is 0 Å². The number of aromatic amines is 1. The summed E-state index contributed by atoms with van der Waals surface area (Å²) < 4.78 is 5.17. The Balaban J connectivity index is 2.13. The predicted octanol–water partition coefficient (Wildman–Crippen LogP) is 3.25. The van der Waals surface area contributed by atoms with Gasteiger partial charge >= 0.3 is 0 Å². The molecule has 19 heavy (non-hydrogen) atoms. The predicted molar refractivity (Wildman–Crippen MR) is 75.4 cm³/mol. The Kier molecular flexibility index (Phi) is 2.71. The summed E-state index contributed by atoms with van der Waals surface area (Å²) in [5.74, 6) is 1.55. The first-order chi connectivity index (χ1) is 9.17. The average Bonchev–Trinajstić information content (AvgIpc) is 2.81. The molecule has 0 aliphatic rings. The van der Waals surface area contributed by atoms with Crippen LogP contribution in [0.3, 0.4) is 0 Å². The monoisotopic (exact) mass is 253 g/mol. The summed E-state index contributed by atoms with van der Waals surface area (Å²) in [5, 5.41) is 0. The normalized spacial score (nSPS) is 10.9. The number of fused-ring (bicyclic) bond motifs is 1. The van der Waals surface area contributed by atoms with E-state index in [4.69, 9.17) is 4.74 Å². The third-order valence-corrected chi connectivity index (χ3v) is 3.15. The first kappa shape index (κ1) is 11.7. The molecule has 0 saturated heterocycles. The zero-order chi connectivity index (χ0) is 13.4. The van der Waals surface area contributed by atoms with Crippen LogP contribution >= 0.6 is 0 Å². The fourth-order valence-electron chi connectivity index (χ4n) is 2.14. The van der Waals surface area contributed by atoms with E-state index in [9.17, 15) is 0 Å². The highest BCUT2D eigenvalue weighted by Crippen LogP contribution is 2.24. The van der Waals surface area contributed by atoms with Crippen molar-refractivity contribution in [3.8, 4) is 17.3 Å². The van der Waals surface area contributed by atoms with E-state index in [0.717, 1.165) is 33.9 Å². The third-order valence-electron chi connectivity index (χ3n) is 3.15. The summed E-state index contributed by atoms with van der Waals surface area (Å²) in [7, 11) is 1.64. The molecule has 1 N–H and O–H groups in total. The molecule has 0 saturated carbocycles. The van der Waals surface area contributed by atoms with Gasteiger partial charge in [-0.25, -0.2) is 9.97 Å². The minimum atomic E-state index is 0.758. The molecule has 2 aromatic heterocycles. The number of imidazole rings is 1. The fourth-order valence-corrected chi connectivity index (χ4v) is 2.14. The maximum absolute atomic E-state index is 5.17. The highest BCUT2D eigenvalue weighted by Gasteiger charge is 2.10. The van der Waals surface area contributed by atoms with Gasteiger partial charge in [0.25, 0.3) is 0 Å². The molecule has 4 nitrogen and oxygen atoms in total. The molecule has 2 heterocycles. The molecule has 0 aliphatic carbocycles.